The van der Waals surface area contributed by atoms with E-state index in [1.54, 1.807) is 24.4 Å². The summed E-state index contributed by atoms with van der Waals surface area (Å²) in [5.74, 6) is 0.806. The Bertz CT molecular complexity index is 780. The normalized spacial score (nSPS) is 26.5. The quantitative estimate of drug-likeness (QED) is 0.800. The number of carbonyl (C=O) groups is 1. The lowest BCUT2D eigenvalue weighted by Crippen LogP contribution is -2.41. The lowest BCUT2D eigenvalue weighted by atomic mass is 9.87. The zero-order chi connectivity index (χ0) is 17.4. The number of nitrogens with one attached hydrogen (secondary N) is 2. The number of piperidine rings is 1. The highest BCUT2D eigenvalue weighted by Gasteiger charge is 2.33. The highest BCUT2D eigenvalue weighted by molar-refractivity contribution is 5.97. The van der Waals surface area contributed by atoms with Crippen LogP contribution in [0.2, 0.25) is 0 Å². The summed E-state index contributed by atoms with van der Waals surface area (Å²) in [6.07, 6.45) is 7.69. The summed E-state index contributed by atoms with van der Waals surface area (Å²) >= 11 is 0. The number of benzene rings is 1. The molecule has 1 aromatic carbocycles. The molecule has 3 unspecified atom stereocenters. The molecule has 25 heavy (non-hydrogen) atoms. The molecule has 2 saturated heterocycles. The van der Waals surface area contributed by atoms with Crippen molar-refractivity contribution < 1.29 is 9.90 Å². The molecular weight excluding hydrogens is 314 g/mol. The molecule has 5 heteroatoms. The summed E-state index contributed by atoms with van der Waals surface area (Å²) in [5, 5.41) is 17.1. The fourth-order valence-corrected chi connectivity index (χ4v) is 4.47. The molecule has 3 atom stereocenters. The minimum Gasteiger partial charge on any atom is -0.508 e. The van der Waals surface area contributed by atoms with Crippen LogP contribution in [-0.2, 0) is 0 Å². The molecule has 0 spiro atoms. The van der Waals surface area contributed by atoms with Crippen LogP contribution in [-0.4, -0.2) is 34.1 Å². The maximum atomic E-state index is 12.5. The molecular formula is C20H25N3O2. The number of aromatic nitrogens is 1. The third-order valence-corrected chi connectivity index (χ3v) is 5.57. The highest BCUT2D eigenvalue weighted by atomic mass is 16.3. The molecule has 3 heterocycles. The van der Waals surface area contributed by atoms with Gasteiger partial charge in [-0.15, -0.1) is 0 Å². The van der Waals surface area contributed by atoms with Gasteiger partial charge >= 0.3 is 0 Å². The first-order valence-electron chi connectivity index (χ1n) is 9.22. The molecule has 2 bridgehead atoms. The van der Waals surface area contributed by atoms with Crippen molar-refractivity contribution in [2.24, 2.45) is 5.92 Å². The van der Waals surface area contributed by atoms with Crippen LogP contribution in [0.1, 0.15) is 49.4 Å². The topological polar surface area (TPSA) is 74.2 Å². The number of rotatable bonds is 4. The Morgan fingerprint density at radius 2 is 2.08 bits per heavy atom. The molecule has 3 N–H and O–H groups in total. The van der Waals surface area contributed by atoms with E-state index in [9.17, 15) is 9.90 Å². The maximum absolute atomic E-state index is 12.5. The second-order valence-corrected chi connectivity index (χ2v) is 7.69. The molecule has 132 valence electrons. The van der Waals surface area contributed by atoms with E-state index >= 15 is 0 Å². The largest absolute Gasteiger partial charge is 0.508 e. The van der Waals surface area contributed by atoms with E-state index in [4.69, 9.17) is 0 Å². The molecule has 0 radical (unpaired) electrons. The zero-order valence-corrected chi connectivity index (χ0v) is 14.5. The number of phenols is 1. The second-order valence-electron chi connectivity index (χ2n) is 7.69. The molecule has 2 aliphatic heterocycles. The van der Waals surface area contributed by atoms with Crippen LogP contribution in [0.5, 0.6) is 5.75 Å². The number of phenolic OH excluding ortho intramolecular Hbond substituents is 1. The van der Waals surface area contributed by atoms with Crippen molar-refractivity contribution in [3.63, 3.8) is 0 Å². The minimum absolute atomic E-state index is 0.0770. The van der Waals surface area contributed by atoms with E-state index in [0.29, 0.717) is 29.1 Å². The Hall–Kier alpha value is -2.14. The predicted octanol–water partition coefficient (Wildman–Crippen LogP) is 2.98. The van der Waals surface area contributed by atoms with Crippen molar-refractivity contribution in [3.8, 4) is 5.75 Å². The summed E-state index contributed by atoms with van der Waals surface area (Å²) in [7, 11) is 0. The van der Waals surface area contributed by atoms with Gasteiger partial charge in [0.25, 0.3) is 5.91 Å². The van der Waals surface area contributed by atoms with Gasteiger partial charge in [0.05, 0.1) is 11.1 Å². The molecule has 0 aliphatic carbocycles. The van der Waals surface area contributed by atoms with Crippen molar-refractivity contribution in [2.45, 2.75) is 57.2 Å². The van der Waals surface area contributed by atoms with Gasteiger partial charge < -0.3 is 15.7 Å². The second kappa shape index (κ2) is 6.64. The van der Waals surface area contributed by atoms with Gasteiger partial charge in [0.1, 0.15) is 5.75 Å². The molecule has 1 aromatic heterocycles. The van der Waals surface area contributed by atoms with E-state index < -0.39 is 0 Å². The Kier molecular flexibility index (Phi) is 4.34. The smallest absolute Gasteiger partial charge is 0.253 e. The summed E-state index contributed by atoms with van der Waals surface area (Å²) in [6, 6.07) is 8.35. The monoisotopic (exact) mass is 339 g/mol. The van der Waals surface area contributed by atoms with Crippen molar-refractivity contribution in [1.29, 1.82) is 0 Å². The number of hydrogen-bond donors (Lipinski definition) is 3. The summed E-state index contributed by atoms with van der Waals surface area (Å²) in [5.41, 5.74) is 1.25. The summed E-state index contributed by atoms with van der Waals surface area (Å²) in [6.45, 7) is 2.09. The van der Waals surface area contributed by atoms with Crippen LogP contribution in [0, 0.1) is 5.92 Å². The number of hydrogen-bond acceptors (Lipinski definition) is 4. The Labute approximate surface area is 147 Å². The van der Waals surface area contributed by atoms with Gasteiger partial charge in [-0.05, 0) is 63.1 Å². The average molecular weight is 339 g/mol. The first-order chi connectivity index (χ1) is 12.1. The van der Waals surface area contributed by atoms with Gasteiger partial charge in [-0.1, -0.05) is 0 Å². The van der Waals surface area contributed by atoms with Crippen LogP contribution in [0.3, 0.4) is 0 Å². The number of fused-ring (bicyclic) bond motifs is 3. The standard InChI is InChI=1S/C20H25N3O2/c1-12(6-13-7-16-3-4-17(8-13)23-16)22-20(25)15-9-14-2-5-18(24)10-19(14)21-11-15/h2,5,9-13,16-17,23-24H,3-4,6-8H2,1H3,(H,22,25). The third-order valence-electron chi connectivity index (χ3n) is 5.57. The van der Waals surface area contributed by atoms with E-state index in [2.05, 4.69) is 22.5 Å². The first kappa shape index (κ1) is 16.3. The predicted molar refractivity (Wildman–Crippen MR) is 97.6 cm³/mol. The number of carbonyl (C=O) groups excluding carboxylic acids is 1. The molecule has 5 nitrogen and oxygen atoms in total. The Morgan fingerprint density at radius 1 is 1.32 bits per heavy atom. The van der Waals surface area contributed by atoms with E-state index in [-0.39, 0.29) is 17.7 Å². The fraction of sp³-hybridized carbons (Fsp3) is 0.500. The number of nitrogens with zero attached hydrogens (tertiary/aromatic N) is 1. The van der Waals surface area contributed by atoms with Crippen LogP contribution in [0.15, 0.2) is 30.5 Å². The van der Waals surface area contributed by atoms with E-state index in [1.807, 2.05) is 6.07 Å². The van der Waals surface area contributed by atoms with Crippen LogP contribution in [0.25, 0.3) is 10.9 Å². The van der Waals surface area contributed by atoms with Gasteiger partial charge in [-0.3, -0.25) is 9.78 Å². The molecule has 2 fully saturated rings. The highest BCUT2D eigenvalue weighted by Crippen LogP contribution is 2.33. The zero-order valence-electron chi connectivity index (χ0n) is 14.5. The Balaban J connectivity index is 1.38. The molecule has 2 aliphatic rings. The summed E-state index contributed by atoms with van der Waals surface area (Å²) in [4.78, 5) is 16.8. The lowest BCUT2D eigenvalue weighted by molar-refractivity contribution is 0.0932. The fourth-order valence-electron chi connectivity index (χ4n) is 4.47. The Morgan fingerprint density at radius 3 is 2.84 bits per heavy atom. The van der Waals surface area contributed by atoms with Gasteiger partial charge in [-0.25, -0.2) is 0 Å². The molecule has 0 saturated carbocycles. The van der Waals surface area contributed by atoms with Gasteiger partial charge in [0, 0.05) is 35.8 Å². The maximum Gasteiger partial charge on any atom is 0.253 e. The third kappa shape index (κ3) is 3.61. The van der Waals surface area contributed by atoms with Crippen molar-refractivity contribution >= 4 is 16.8 Å². The number of aromatic hydroxyl groups is 1. The first-order valence-corrected chi connectivity index (χ1v) is 9.22. The number of amides is 1. The van der Waals surface area contributed by atoms with Gasteiger partial charge in [0.2, 0.25) is 0 Å². The van der Waals surface area contributed by atoms with Gasteiger partial charge in [-0.2, -0.15) is 0 Å². The molecule has 1 amide bonds. The van der Waals surface area contributed by atoms with Crippen molar-refractivity contribution in [3.05, 3.63) is 36.0 Å². The van der Waals surface area contributed by atoms with Crippen LogP contribution < -0.4 is 10.6 Å². The van der Waals surface area contributed by atoms with Gasteiger partial charge in [0.15, 0.2) is 0 Å². The van der Waals surface area contributed by atoms with Crippen LogP contribution in [0.4, 0.5) is 0 Å². The molecule has 2 aromatic rings. The number of pyridine rings is 1. The van der Waals surface area contributed by atoms with E-state index in [0.717, 1.165) is 11.8 Å². The van der Waals surface area contributed by atoms with Crippen molar-refractivity contribution in [2.75, 3.05) is 0 Å². The average Bonchev–Trinajstić information content (AvgIpc) is 2.92. The molecule has 4 rings (SSSR count). The SMILES string of the molecule is CC(CC1CC2CCC(C1)N2)NC(=O)c1cnc2cc(O)ccc2c1. The minimum atomic E-state index is -0.0770. The lowest BCUT2D eigenvalue weighted by Gasteiger charge is -2.31. The summed E-state index contributed by atoms with van der Waals surface area (Å²) < 4.78 is 0. The van der Waals surface area contributed by atoms with E-state index in [1.165, 1.54) is 25.7 Å². The van der Waals surface area contributed by atoms with Crippen LogP contribution >= 0.6 is 0 Å². The van der Waals surface area contributed by atoms with Crippen molar-refractivity contribution in [1.82, 2.24) is 15.6 Å².